The fourth-order valence-electron chi connectivity index (χ4n) is 3.52. The van der Waals surface area contributed by atoms with Crippen LogP contribution < -0.4 is 5.48 Å². The second kappa shape index (κ2) is 9.53. The SMILES string of the molecule is O=C(CCCCCCn1cc(C(=O)N2CCOCC2)c2ccccc21)NO. The van der Waals surface area contributed by atoms with Gasteiger partial charge >= 0.3 is 0 Å². The topological polar surface area (TPSA) is 83.8 Å². The number of unbranched alkanes of at least 4 members (excludes halogenated alkanes) is 3. The second-order valence-electron chi connectivity index (χ2n) is 6.86. The summed E-state index contributed by atoms with van der Waals surface area (Å²) in [4.78, 5) is 25.8. The molecule has 0 atom stereocenters. The van der Waals surface area contributed by atoms with Gasteiger partial charge in [0.25, 0.3) is 5.91 Å². The molecule has 1 aromatic heterocycles. The van der Waals surface area contributed by atoms with E-state index in [4.69, 9.17) is 9.94 Å². The molecule has 7 nitrogen and oxygen atoms in total. The molecule has 2 heterocycles. The fraction of sp³-hybridized carbons (Fsp3) is 0.500. The molecule has 0 radical (unpaired) electrons. The number of para-hydroxylation sites is 1. The van der Waals surface area contributed by atoms with Gasteiger partial charge < -0.3 is 14.2 Å². The molecule has 1 fully saturated rings. The first-order chi connectivity index (χ1) is 13.2. The Hall–Kier alpha value is -2.38. The molecule has 0 unspecified atom stereocenters. The lowest BCUT2D eigenvalue weighted by Gasteiger charge is -2.26. The van der Waals surface area contributed by atoms with Gasteiger partial charge in [-0.05, 0) is 18.9 Å². The van der Waals surface area contributed by atoms with Gasteiger partial charge in [-0.1, -0.05) is 31.0 Å². The van der Waals surface area contributed by atoms with E-state index in [1.54, 1.807) is 5.48 Å². The predicted octanol–water partition coefficient (Wildman–Crippen LogP) is 2.57. The summed E-state index contributed by atoms with van der Waals surface area (Å²) in [6, 6.07) is 8.02. The molecule has 1 aliphatic rings. The molecule has 0 saturated carbocycles. The molecule has 0 spiro atoms. The maximum atomic E-state index is 12.9. The quantitative estimate of drug-likeness (QED) is 0.423. The van der Waals surface area contributed by atoms with Gasteiger partial charge in [-0.15, -0.1) is 0 Å². The van der Waals surface area contributed by atoms with E-state index in [0.29, 0.717) is 32.7 Å². The minimum absolute atomic E-state index is 0.0725. The van der Waals surface area contributed by atoms with Crippen molar-refractivity contribution in [2.75, 3.05) is 26.3 Å². The van der Waals surface area contributed by atoms with E-state index in [-0.39, 0.29) is 11.8 Å². The lowest BCUT2D eigenvalue weighted by Crippen LogP contribution is -2.40. The van der Waals surface area contributed by atoms with Gasteiger partial charge in [0.15, 0.2) is 0 Å². The van der Waals surface area contributed by atoms with E-state index in [1.165, 1.54) is 0 Å². The van der Waals surface area contributed by atoms with Crippen LogP contribution >= 0.6 is 0 Å². The number of fused-ring (bicyclic) bond motifs is 1. The lowest BCUT2D eigenvalue weighted by atomic mass is 10.1. The number of benzene rings is 1. The van der Waals surface area contributed by atoms with Crippen molar-refractivity contribution in [3.63, 3.8) is 0 Å². The Labute approximate surface area is 158 Å². The van der Waals surface area contributed by atoms with Crippen LogP contribution in [-0.4, -0.2) is 52.8 Å². The standard InChI is InChI=1S/C20H27N3O4/c24-19(21-26)9-3-1-2-6-10-23-15-17(16-7-4-5-8-18(16)23)20(25)22-11-13-27-14-12-22/h4-5,7-8,15,26H,1-3,6,9-14H2,(H,21,24). The van der Waals surface area contributed by atoms with Crippen LogP contribution in [0.5, 0.6) is 0 Å². The highest BCUT2D eigenvalue weighted by atomic mass is 16.5. The van der Waals surface area contributed by atoms with E-state index in [0.717, 1.165) is 48.7 Å². The first-order valence-corrected chi connectivity index (χ1v) is 9.58. The average Bonchev–Trinajstić information content (AvgIpc) is 3.09. The highest BCUT2D eigenvalue weighted by Gasteiger charge is 2.22. The van der Waals surface area contributed by atoms with Crippen LogP contribution in [0.2, 0.25) is 0 Å². The molecule has 1 aromatic carbocycles. The maximum Gasteiger partial charge on any atom is 0.256 e. The Kier molecular flexibility index (Phi) is 6.84. The number of rotatable bonds is 8. The van der Waals surface area contributed by atoms with Crippen molar-refractivity contribution < 1.29 is 19.5 Å². The summed E-state index contributed by atoms with van der Waals surface area (Å²) >= 11 is 0. The third kappa shape index (κ3) is 4.87. The number of aryl methyl sites for hydroxylation is 1. The van der Waals surface area contributed by atoms with Crippen molar-refractivity contribution in [1.82, 2.24) is 14.9 Å². The van der Waals surface area contributed by atoms with Gasteiger partial charge in [-0.2, -0.15) is 0 Å². The van der Waals surface area contributed by atoms with Gasteiger partial charge in [0.05, 0.1) is 18.8 Å². The monoisotopic (exact) mass is 373 g/mol. The van der Waals surface area contributed by atoms with E-state index in [1.807, 2.05) is 29.3 Å². The van der Waals surface area contributed by atoms with E-state index >= 15 is 0 Å². The molecule has 2 N–H and O–H groups in total. The van der Waals surface area contributed by atoms with Gasteiger partial charge in [-0.3, -0.25) is 14.8 Å². The molecule has 2 aromatic rings. The molecule has 146 valence electrons. The van der Waals surface area contributed by atoms with Crippen LogP contribution in [-0.2, 0) is 16.1 Å². The van der Waals surface area contributed by atoms with Crippen LogP contribution in [0.15, 0.2) is 30.5 Å². The molecule has 1 aliphatic heterocycles. The Morgan fingerprint density at radius 2 is 1.81 bits per heavy atom. The van der Waals surface area contributed by atoms with E-state index in [2.05, 4.69) is 10.6 Å². The smallest absolute Gasteiger partial charge is 0.256 e. The van der Waals surface area contributed by atoms with Gasteiger partial charge in [-0.25, -0.2) is 5.48 Å². The van der Waals surface area contributed by atoms with Crippen LogP contribution in [0.3, 0.4) is 0 Å². The summed E-state index contributed by atoms with van der Waals surface area (Å²) < 4.78 is 7.50. The van der Waals surface area contributed by atoms with Crippen LogP contribution in [0.1, 0.15) is 42.5 Å². The molecular formula is C20H27N3O4. The Morgan fingerprint density at radius 3 is 2.59 bits per heavy atom. The summed E-state index contributed by atoms with van der Waals surface area (Å²) in [5, 5.41) is 9.48. The molecule has 7 heteroatoms. The van der Waals surface area contributed by atoms with Crippen LogP contribution in [0.4, 0.5) is 0 Å². The molecule has 0 aliphatic carbocycles. The molecular weight excluding hydrogens is 346 g/mol. The molecule has 3 rings (SSSR count). The average molecular weight is 373 g/mol. The third-order valence-electron chi connectivity index (χ3n) is 4.99. The molecule has 0 bridgehead atoms. The zero-order valence-electron chi connectivity index (χ0n) is 15.5. The van der Waals surface area contributed by atoms with E-state index in [9.17, 15) is 9.59 Å². The summed E-state index contributed by atoms with van der Waals surface area (Å²) in [7, 11) is 0. The van der Waals surface area contributed by atoms with Crippen molar-refractivity contribution in [2.24, 2.45) is 0 Å². The highest BCUT2D eigenvalue weighted by molar-refractivity contribution is 6.07. The van der Waals surface area contributed by atoms with Crippen LogP contribution in [0.25, 0.3) is 10.9 Å². The van der Waals surface area contributed by atoms with Crippen molar-refractivity contribution in [1.29, 1.82) is 0 Å². The number of ether oxygens (including phenoxy) is 1. The first-order valence-electron chi connectivity index (χ1n) is 9.58. The zero-order chi connectivity index (χ0) is 19.1. The number of aromatic nitrogens is 1. The third-order valence-corrected chi connectivity index (χ3v) is 4.99. The largest absolute Gasteiger partial charge is 0.378 e. The number of hydrogen-bond acceptors (Lipinski definition) is 4. The van der Waals surface area contributed by atoms with Gasteiger partial charge in [0.2, 0.25) is 5.91 Å². The Morgan fingerprint density at radius 1 is 1.07 bits per heavy atom. The number of hydroxylamine groups is 1. The fourth-order valence-corrected chi connectivity index (χ4v) is 3.52. The highest BCUT2D eigenvalue weighted by Crippen LogP contribution is 2.24. The van der Waals surface area contributed by atoms with Crippen LogP contribution in [0, 0.1) is 0 Å². The van der Waals surface area contributed by atoms with Crippen molar-refractivity contribution in [3.8, 4) is 0 Å². The maximum absolute atomic E-state index is 12.9. The number of carbonyl (C=O) groups excluding carboxylic acids is 2. The minimum atomic E-state index is -0.335. The van der Waals surface area contributed by atoms with Crippen molar-refractivity contribution >= 4 is 22.7 Å². The molecule has 2 amide bonds. The normalized spacial score (nSPS) is 14.5. The molecule has 27 heavy (non-hydrogen) atoms. The number of amides is 2. The number of nitrogens with zero attached hydrogens (tertiary/aromatic N) is 2. The Balaban J connectivity index is 1.62. The number of carbonyl (C=O) groups is 2. The zero-order valence-corrected chi connectivity index (χ0v) is 15.5. The number of nitrogens with one attached hydrogen (secondary N) is 1. The Bertz CT molecular complexity index is 781. The van der Waals surface area contributed by atoms with E-state index < -0.39 is 0 Å². The summed E-state index contributed by atoms with van der Waals surface area (Å²) in [5.74, 6) is -0.263. The summed E-state index contributed by atoms with van der Waals surface area (Å²) in [6.07, 6.45) is 6.00. The van der Waals surface area contributed by atoms with Crippen molar-refractivity contribution in [3.05, 3.63) is 36.0 Å². The number of morpholine rings is 1. The first kappa shape index (κ1) is 19.4. The predicted molar refractivity (Wildman–Crippen MR) is 102 cm³/mol. The second-order valence-corrected chi connectivity index (χ2v) is 6.86. The lowest BCUT2D eigenvalue weighted by molar-refractivity contribution is -0.129. The number of hydrogen-bond donors (Lipinski definition) is 2. The van der Waals surface area contributed by atoms with Crippen molar-refractivity contribution in [2.45, 2.75) is 38.6 Å². The minimum Gasteiger partial charge on any atom is -0.378 e. The molecule has 1 saturated heterocycles. The summed E-state index contributed by atoms with van der Waals surface area (Å²) in [6.45, 7) is 3.31. The van der Waals surface area contributed by atoms with Gasteiger partial charge in [0.1, 0.15) is 0 Å². The van der Waals surface area contributed by atoms with Gasteiger partial charge in [0, 0.05) is 43.2 Å². The summed E-state index contributed by atoms with van der Waals surface area (Å²) in [5.41, 5.74) is 3.49.